The molecule has 0 N–H and O–H groups in total. The van der Waals surface area contributed by atoms with Crippen LogP contribution in [0.5, 0.6) is 11.5 Å². The lowest BCUT2D eigenvalue weighted by atomic mass is 10.0. The summed E-state index contributed by atoms with van der Waals surface area (Å²) in [5, 5.41) is 0. The molecule has 254 valence electrons. The second-order valence-electron chi connectivity index (χ2n) is 12.2. The van der Waals surface area contributed by atoms with Crippen molar-refractivity contribution in [2.75, 3.05) is 24.0 Å². The van der Waals surface area contributed by atoms with Crippen molar-refractivity contribution in [3.63, 3.8) is 0 Å². The zero-order chi connectivity index (χ0) is 35.5. The fraction of sp³-hybridized carbons (Fsp3) is 0.0417. The van der Waals surface area contributed by atoms with E-state index in [0.717, 1.165) is 67.9 Å². The Morgan fingerprint density at radius 2 is 0.596 bits per heavy atom. The molecule has 4 nitrogen and oxygen atoms in total. The Hall–Kier alpha value is -6.78. The molecule has 7 aromatic rings. The van der Waals surface area contributed by atoms with E-state index in [4.69, 9.17) is 9.47 Å². The first-order chi connectivity index (χ1) is 25.7. The molecule has 0 heterocycles. The third-order valence-electron chi connectivity index (χ3n) is 8.85. The molecule has 0 unspecified atom stereocenters. The van der Waals surface area contributed by atoms with Crippen LogP contribution in [-0.4, -0.2) is 14.2 Å². The van der Waals surface area contributed by atoms with E-state index in [9.17, 15) is 0 Å². The zero-order valence-corrected chi connectivity index (χ0v) is 29.3. The number of nitrogens with zero attached hydrogens (tertiary/aromatic N) is 2. The molecular formula is C48H40N2O2. The largest absolute Gasteiger partial charge is 0.496 e. The lowest BCUT2D eigenvalue weighted by Gasteiger charge is -2.25. The van der Waals surface area contributed by atoms with Crippen LogP contribution in [0.1, 0.15) is 22.3 Å². The number of ether oxygens (including phenoxy) is 2. The van der Waals surface area contributed by atoms with Crippen LogP contribution in [0.25, 0.3) is 24.3 Å². The maximum atomic E-state index is 5.85. The molecule has 4 heteroatoms. The van der Waals surface area contributed by atoms with E-state index in [1.807, 2.05) is 36.4 Å². The number of benzene rings is 7. The molecule has 0 aliphatic carbocycles. The maximum Gasteiger partial charge on any atom is 0.126 e. The quantitative estimate of drug-likeness (QED) is 0.120. The molecule has 0 radical (unpaired) electrons. The average Bonchev–Trinajstić information content (AvgIpc) is 3.22. The number of hydrogen-bond acceptors (Lipinski definition) is 4. The Bertz CT molecular complexity index is 1990. The standard InChI is InChI=1S/C48H40N2O2/c1-51-47-35-40(30-24-38-27-33-46(34-28-38)50(43-19-11-5-12-20-43)44-21-13-6-14-22-44)48(52-2)36-39(47)29-23-37-25-31-45(32-26-37)49(41-15-7-3-8-16-41)42-17-9-4-10-18-42/h3-36H,1-2H3. The summed E-state index contributed by atoms with van der Waals surface area (Å²) in [6.45, 7) is 0. The van der Waals surface area contributed by atoms with Gasteiger partial charge in [0.15, 0.2) is 0 Å². The first-order valence-corrected chi connectivity index (χ1v) is 17.3. The molecule has 0 saturated carbocycles. The van der Waals surface area contributed by atoms with Gasteiger partial charge in [0.05, 0.1) is 14.2 Å². The highest BCUT2D eigenvalue weighted by atomic mass is 16.5. The summed E-state index contributed by atoms with van der Waals surface area (Å²) in [5.41, 5.74) is 10.6. The van der Waals surface area contributed by atoms with Gasteiger partial charge in [-0.2, -0.15) is 0 Å². The van der Waals surface area contributed by atoms with Crippen molar-refractivity contribution in [3.05, 3.63) is 204 Å². The van der Waals surface area contributed by atoms with Crippen LogP contribution in [0.15, 0.2) is 182 Å². The molecule has 7 rings (SSSR count). The van der Waals surface area contributed by atoms with Crippen LogP contribution in [0.2, 0.25) is 0 Å². The molecule has 7 aromatic carbocycles. The van der Waals surface area contributed by atoms with Gasteiger partial charge in [-0.1, -0.05) is 121 Å². The smallest absolute Gasteiger partial charge is 0.126 e. The maximum absolute atomic E-state index is 5.85. The number of methoxy groups -OCH3 is 2. The van der Waals surface area contributed by atoms with E-state index < -0.39 is 0 Å². The molecule has 0 amide bonds. The summed E-state index contributed by atoms with van der Waals surface area (Å²) in [4.78, 5) is 4.51. The van der Waals surface area contributed by atoms with Gasteiger partial charge in [0.1, 0.15) is 11.5 Å². The highest BCUT2D eigenvalue weighted by Crippen LogP contribution is 2.37. The highest BCUT2D eigenvalue weighted by molar-refractivity contribution is 5.82. The monoisotopic (exact) mass is 676 g/mol. The minimum Gasteiger partial charge on any atom is -0.496 e. The van der Waals surface area contributed by atoms with E-state index in [0.29, 0.717) is 0 Å². The summed E-state index contributed by atoms with van der Waals surface area (Å²) in [6.07, 6.45) is 8.34. The van der Waals surface area contributed by atoms with Crippen LogP contribution >= 0.6 is 0 Å². The topological polar surface area (TPSA) is 24.9 Å². The lowest BCUT2D eigenvalue weighted by Crippen LogP contribution is -2.09. The van der Waals surface area contributed by atoms with Gasteiger partial charge in [0.25, 0.3) is 0 Å². The van der Waals surface area contributed by atoms with Crippen LogP contribution in [0.3, 0.4) is 0 Å². The molecule has 0 aliphatic heterocycles. The van der Waals surface area contributed by atoms with Gasteiger partial charge in [-0.15, -0.1) is 0 Å². The van der Waals surface area contributed by atoms with E-state index in [1.54, 1.807) is 14.2 Å². The van der Waals surface area contributed by atoms with Gasteiger partial charge >= 0.3 is 0 Å². The highest BCUT2D eigenvalue weighted by Gasteiger charge is 2.13. The van der Waals surface area contributed by atoms with Gasteiger partial charge < -0.3 is 19.3 Å². The Labute approximate surface area is 306 Å². The number of rotatable bonds is 12. The third-order valence-corrected chi connectivity index (χ3v) is 8.85. The molecule has 0 saturated heterocycles. The van der Waals surface area contributed by atoms with Crippen LogP contribution in [0.4, 0.5) is 34.1 Å². The Balaban J connectivity index is 1.10. The van der Waals surface area contributed by atoms with Gasteiger partial charge in [-0.3, -0.25) is 0 Å². The molecule has 52 heavy (non-hydrogen) atoms. The summed E-state index contributed by atoms with van der Waals surface area (Å²) < 4.78 is 11.7. The summed E-state index contributed by atoms with van der Waals surface area (Å²) in [7, 11) is 3.40. The minimum absolute atomic E-state index is 0.768. The van der Waals surface area contributed by atoms with Crippen molar-refractivity contribution < 1.29 is 9.47 Å². The second-order valence-corrected chi connectivity index (χ2v) is 12.2. The van der Waals surface area contributed by atoms with E-state index in [2.05, 4.69) is 180 Å². The molecular weight excluding hydrogens is 637 g/mol. The molecule has 0 atom stereocenters. The van der Waals surface area contributed by atoms with Crippen molar-refractivity contribution >= 4 is 58.4 Å². The van der Waals surface area contributed by atoms with Crippen LogP contribution in [-0.2, 0) is 0 Å². The van der Waals surface area contributed by atoms with Crippen molar-refractivity contribution in [1.82, 2.24) is 0 Å². The molecule has 0 spiro atoms. The second kappa shape index (κ2) is 16.3. The zero-order valence-electron chi connectivity index (χ0n) is 29.3. The van der Waals surface area contributed by atoms with Gasteiger partial charge in [-0.05, 0) is 96.1 Å². The van der Waals surface area contributed by atoms with E-state index in [-0.39, 0.29) is 0 Å². The van der Waals surface area contributed by atoms with Crippen molar-refractivity contribution in [2.45, 2.75) is 0 Å². The van der Waals surface area contributed by atoms with Crippen molar-refractivity contribution in [2.24, 2.45) is 0 Å². The third kappa shape index (κ3) is 7.83. The Morgan fingerprint density at radius 3 is 0.865 bits per heavy atom. The fourth-order valence-electron chi connectivity index (χ4n) is 6.25. The SMILES string of the molecule is COc1cc(C=Cc2ccc(N(c3ccccc3)c3ccccc3)cc2)c(OC)cc1C=Cc1ccc(N(c2ccccc2)c2ccccc2)cc1. The molecule has 0 aromatic heterocycles. The van der Waals surface area contributed by atoms with Crippen molar-refractivity contribution in [3.8, 4) is 11.5 Å². The minimum atomic E-state index is 0.768. The Morgan fingerprint density at radius 1 is 0.327 bits per heavy atom. The fourth-order valence-corrected chi connectivity index (χ4v) is 6.25. The summed E-state index contributed by atoms with van der Waals surface area (Å²) in [6, 6.07) is 62.9. The predicted octanol–water partition coefficient (Wildman–Crippen LogP) is 13.0. The predicted molar refractivity (Wildman–Crippen MR) is 220 cm³/mol. The summed E-state index contributed by atoms with van der Waals surface area (Å²) >= 11 is 0. The molecule has 0 aliphatic rings. The summed E-state index contributed by atoms with van der Waals surface area (Å²) in [5.74, 6) is 1.54. The first-order valence-electron chi connectivity index (χ1n) is 17.3. The average molecular weight is 677 g/mol. The molecule has 0 bridgehead atoms. The number of para-hydroxylation sites is 4. The van der Waals surface area contributed by atoms with Crippen molar-refractivity contribution in [1.29, 1.82) is 0 Å². The van der Waals surface area contributed by atoms with Crippen LogP contribution in [0, 0.1) is 0 Å². The van der Waals surface area contributed by atoms with Gasteiger partial charge in [0, 0.05) is 45.3 Å². The normalized spacial score (nSPS) is 11.1. The Kier molecular flexibility index (Phi) is 10.6. The lowest BCUT2D eigenvalue weighted by molar-refractivity contribution is 0.401. The van der Waals surface area contributed by atoms with Gasteiger partial charge in [-0.25, -0.2) is 0 Å². The molecule has 0 fully saturated rings. The van der Waals surface area contributed by atoms with Gasteiger partial charge in [0.2, 0.25) is 0 Å². The number of anilines is 6. The van der Waals surface area contributed by atoms with E-state index in [1.165, 1.54) is 0 Å². The van der Waals surface area contributed by atoms with Crippen LogP contribution < -0.4 is 19.3 Å². The van der Waals surface area contributed by atoms with E-state index >= 15 is 0 Å². The first kappa shape index (κ1) is 33.7. The number of hydrogen-bond donors (Lipinski definition) is 0.